The van der Waals surface area contributed by atoms with Gasteiger partial charge in [0.05, 0.1) is 12.2 Å². The van der Waals surface area contributed by atoms with Crippen LogP contribution in [0.5, 0.6) is 0 Å². The predicted octanol–water partition coefficient (Wildman–Crippen LogP) is 2.70. The number of nitriles is 1. The first-order valence-electron chi connectivity index (χ1n) is 4.53. The number of ether oxygens (including phenoxy) is 1. The lowest BCUT2D eigenvalue weighted by atomic mass is 9.86. The molecular weight excluding hydrogens is 176 g/mol. The molecule has 1 rings (SSSR count). The summed E-state index contributed by atoms with van der Waals surface area (Å²) >= 11 is 0. The lowest BCUT2D eigenvalue weighted by Crippen LogP contribution is -2.23. The summed E-state index contributed by atoms with van der Waals surface area (Å²) in [4.78, 5) is 0. The molecule has 74 valence electrons. The minimum atomic E-state index is -2.66. The first-order valence-corrected chi connectivity index (χ1v) is 4.53. The van der Waals surface area contributed by atoms with Gasteiger partial charge in [-0.05, 0) is 31.6 Å². The van der Waals surface area contributed by atoms with Gasteiger partial charge in [-0.2, -0.15) is 14.0 Å². The maximum atomic E-state index is 11.8. The van der Waals surface area contributed by atoms with E-state index in [1.54, 1.807) is 0 Å². The molecule has 0 aliphatic heterocycles. The fourth-order valence-corrected chi connectivity index (χ4v) is 1.75. The molecule has 1 aliphatic carbocycles. The molecule has 0 unspecified atom stereocenters. The van der Waals surface area contributed by atoms with Crippen molar-refractivity contribution in [2.75, 3.05) is 0 Å². The molecule has 0 amide bonds. The van der Waals surface area contributed by atoms with Crippen molar-refractivity contribution in [2.24, 2.45) is 5.92 Å². The van der Waals surface area contributed by atoms with Crippen LogP contribution in [0.15, 0.2) is 0 Å². The van der Waals surface area contributed by atoms with Crippen LogP contribution in [0.3, 0.4) is 0 Å². The van der Waals surface area contributed by atoms with Crippen LogP contribution < -0.4 is 0 Å². The van der Waals surface area contributed by atoms with E-state index in [1.807, 2.05) is 0 Å². The second-order valence-electron chi connectivity index (χ2n) is 3.40. The molecule has 0 aromatic carbocycles. The quantitative estimate of drug-likeness (QED) is 0.683. The first kappa shape index (κ1) is 10.4. The molecule has 13 heavy (non-hydrogen) atoms. The summed E-state index contributed by atoms with van der Waals surface area (Å²) in [5.74, 6) is 0.391. The molecule has 0 spiro atoms. The summed E-state index contributed by atoms with van der Waals surface area (Å²) in [6.07, 6.45) is 3.25. The van der Waals surface area contributed by atoms with E-state index in [0.29, 0.717) is 25.2 Å². The molecule has 1 fully saturated rings. The number of hydrogen-bond donors (Lipinski definition) is 0. The number of halogens is 2. The highest BCUT2D eigenvalue weighted by Crippen LogP contribution is 2.28. The zero-order valence-corrected chi connectivity index (χ0v) is 7.38. The normalized spacial score (nSPS) is 28.8. The van der Waals surface area contributed by atoms with Crippen LogP contribution in [0.2, 0.25) is 0 Å². The molecule has 0 aromatic rings. The van der Waals surface area contributed by atoms with Crippen molar-refractivity contribution in [1.29, 1.82) is 5.26 Å². The molecule has 1 aliphatic rings. The lowest BCUT2D eigenvalue weighted by Gasteiger charge is -2.26. The Balaban J connectivity index is 2.19. The largest absolute Gasteiger partial charge is 0.345 e. The van der Waals surface area contributed by atoms with Gasteiger partial charge in [0, 0.05) is 6.42 Å². The number of alkyl halides is 2. The molecule has 0 N–H and O–H groups in total. The minimum Gasteiger partial charge on any atom is -0.320 e. The fourth-order valence-electron chi connectivity index (χ4n) is 1.75. The van der Waals surface area contributed by atoms with Crippen LogP contribution in [-0.4, -0.2) is 12.7 Å². The standard InChI is InChI=1S/C9H13F2NO/c10-9(11)13-8-3-1-7(2-4-8)5-6-12/h7-9H,1-5H2. The van der Waals surface area contributed by atoms with E-state index in [9.17, 15) is 8.78 Å². The van der Waals surface area contributed by atoms with Crippen LogP contribution in [-0.2, 0) is 4.74 Å². The van der Waals surface area contributed by atoms with Gasteiger partial charge < -0.3 is 4.74 Å². The summed E-state index contributed by atoms with van der Waals surface area (Å²) in [6, 6.07) is 2.10. The van der Waals surface area contributed by atoms with Crippen molar-refractivity contribution in [3.05, 3.63) is 0 Å². The molecule has 0 saturated heterocycles. The topological polar surface area (TPSA) is 33.0 Å². The van der Waals surface area contributed by atoms with E-state index in [1.165, 1.54) is 0 Å². The summed E-state index contributed by atoms with van der Waals surface area (Å²) < 4.78 is 28.0. The average Bonchev–Trinajstić information content (AvgIpc) is 2.08. The third kappa shape index (κ3) is 3.69. The average molecular weight is 189 g/mol. The summed E-state index contributed by atoms with van der Waals surface area (Å²) in [5.41, 5.74) is 0. The highest BCUT2D eigenvalue weighted by Gasteiger charge is 2.23. The Hall–Kier alpha value is -0.690. The Labute approximate surface area is 76.5 Å². The maximum absolute atomic E-state index is 11.8. The van der Waals surface area contributed by atoms with Gasteiger partial charge in [-0.1, -0.05) is 0 Å². The molecule has 1 saturated carbocycles. The van der Waals surface area contributed by atoms with E-state index < -0.39 is 6.61 Å². The monoisotopic (exact) mass is 189 g/mol. The highest BCUT2D eigenvalue weighted by atomic mass is 19.3. The van der Waals surface area contributed by atoms with E-state index in [-0.39, 0.29) is 6.10 Å². The minimum absolute atomic E-state index is 0.296. The number of nitrogens with zero attached hydrogens (tertiary/aromatic N) is 1. The van der Waals surface area contributed by atoms with E-state index in [4.69, 9.17) is 5.26 Å². The van der Waals surface area contributed by atoms with Gasteiger partial charge in [-0.25, -0.2) is 0 Å². The van der Waals surface area contributed by atoms with Crippen LogP contribution in [0.25, 0.3) is 0 Å². The van der Waals surface area contributed by atoms with Crippen molar-refractivity contribution < 1.29 is 13.5 Å². The van der Waals surface area contributed by atoms with Gasteiger partial charge in [0.2, 0.25) is 0 Å². The molecule has 0 aromatic heterocycles. The Morgan fingerprint density at radius 1 is 1.31 bits per heavy atom. The van der Waals surface area contributed by atoms with E-state index in [0.717, 1.165) is 12.8 Å². The van der Waals surface area contributed by atoms with E-state index in [2.05, 4.69) is 10.8 Å². The second kappa shape index (κ2) is 5.13. The van der Waals surface area contributed by atoms with Crippen molar-refractivity contribution in [1.82, 2.24) is 0 Å². The molecule has 0 heterocycles. The number of rotatable bonds is 3. The van der Waals surface area contributed by atoms with Crippen molar-refractivity contribution in [3.63, 3.8) is 0 Å². The van der Waals surface area contributed by atoms with Gasteiger partial charge >= 0.3 is 6.61 Å². The molecular formula is C9H13F2NO. The second-order valence-corrected chi connectivity index (χ2v) is 3.40. The Morgan fingerprint density at radius 3 is 2.38 bits per heavy atom. The van der Waals surface area contributed by atoms with Gasteiger partial charge in [0.15, 0.2) is 0 Å². The Kier molecular flexibility index (Phi) is 4.10. The van der Waals surface area contributed by atoms with Crippen LogP contribution in [0.4, 0.5) is 8.78 Å². The molecule has 4 heteroatoms. The molecule has 0 atom stereocenters. The molecule has 0 bridgehead atoms. The van der Waals surface area contributed by atoms with Crippen molar-refractivity contribution in [2.45, 2.75) is 44.8 Å². The van der Waals surface area contributed by atoms with Gasteiger partial charge in [-0.3, -0.25) is 0 Å². The van der Waals surface area contributed by atoms with Gasteiger partial charge in [0.1, 0.15) is 0 Å². The zero-order valence-electron chi connectivity index (χ0n) is 7.38. The molecule has 0 radical (unpaired) electrons. The smallest absolute Gasteiger partial charge is 0.320 e. The third-order valence-corrected chi connectivity index (χ3v) is 2.47. The van der Waals surface area contributed by atoms with Crippen LogP contribution >= 0.6 is 0 Å². The Bertz CT molecular complexity index is 183. The number of hydrogen-bond acceptors (Lipinski definition) is 2. The van der Waals surface area contributed by atoms with Crippen molar-refractivity contribution in [3.8, 4) is 6.07 Å². The molecule has 2 nitrogen and oxygen atoms in total. The zero-order chi connectivity index (χ0) is 9.68. The first-order chi connectivity index (χ1) is 6.22. The third-order valence-electron chi connectivity index (χ3n) is 2.47. The van der Waals surface area contributed by atoms with E-state index >= 15 is 0 Å². The highest BCUT2D eigenvalue weighted by molar-refractivity contribution is 4.80. The van der Waals surface area contributed by atoms with Gasteiger partial charge in [-0.15, -0.1) is 0 Å². The summed E-state index contributed by atoms with van der Waals surface area (Å²) in [6.45, 7) is -2.66. The summed E-state index contributed by atoms with van der Waals surface area (Å²) in [5, 5.41) is 8.43. The summed E-state index contributed by atoms with van der Waals surface area (Å²) in [7, 11) is 0. The van der Waals surface area contributed by atoms with Crippen LogP contribution in [0, 0.1) is 17.2 Å². The van der Waals surface area contributed by atoms with Crippen LogP contribution in [0.1, 0.15) is 32.1 Å². The predicted molar refractivity (Wildman–Crippen MR) is 43.1 cm³/mol. The SMILES string of the molecule is N#CCC1CCC(OC(F)F)CC1. The maximum Gasteiger partial charge on any atom is 0.345 e. The van der Waals surface area contributed by atoms with Crippen molar-refractivity contribution >= 4 is 0 Å². The fraction of sp³-hybridized carbons (Fsp3) is 0.889. The lowest BCUT2D eigenvalue weighted by molar-refractivity contribution is -0.171. The van der Waals surface area contributed by atoms with Gasteiger partial charge in [0.25, 0.3) is 0 Å². The Morgan fingerprint density at radius 2 is 1.92 bits per heavy atom.